The van der Waals surface area contributed by atoms with Crippen LogP contribution in [0.5, 0.6) is 0 Å². The Morgan fingerprint density at radius 2 is 0.440 bits per heavy atom. The van der Waals surface area contributed by atoms with Gasteiger partial charge in [0.05, 0.1) is 26.4 Å². The van der Waals surface area contributed by atoms with Crippen LogP contribution in [0.4, 0.5) is 0 Å². The van der Waals surface area contributed by atoms with Gasteiger partial charge in [0, 0.05) is 25.7 Å². The second kappa shape index (κ2) is 82.6. The zero-order valence-corrected chi connectivity index (χ0v) is 73.5. The van der Waals surface area contributed by atoms with Crippen molar-refractivity contribution in [1.29, 1.82) is 0 Å². The molecule has 0 aromatic heterocycles. The zero-order valence-electron chi connectivity index (χ0n) is 71.7. The highest BCUT2D eigenvalue weighted by atomic mass is 31.2. The van der Waals surface area contributed by atoms with Gasteiger partial charge in [0.15, 0.2) is 12.2 Å². The molecular formula is C90H176O17P2. The number of esters is 4. The standard InChI is InChI=1S/C90H176O17P2/c1-6-10-13-16-19-22-25-27-29-31-33-34-35-36-38-40-46-51-56-61-66-71-76-90(95)107-86(80-101-88(93)74-69-64-59-54-49-44-42-41-43-48-52-57-62-67-72-83(5)9-4)82-105-109(98,99)103-78-84(91)77-102-108(96,97)104-81-85(79-100-87(92)73-68-63-58-53-47-24-21-18-15-12-8-3)106-89(94)75-70-65-60-55-50-45-39-37-32-30-28-26-23-20-17-14-11-7-2/h83-86,91H,6-82H2,1-5H3,(H,96,97)(H,98,99)/t83?,84-,85+,86+/m0/s1. The van der Waals surface area contributed by atoms with Crippen LogP contribution in [0.3, 0.4) is 0 Å². The molecule has 0 aliphatic carbocycles. The maximum absolute atomic E-state index is 13.2. The molecule has 0 saturated carbocycles. The van der Waals surface area contributed by atoms with E-state index in [1.165, 1.54) is 315 Å². The molecule has 17 nitrogen and oxygen atoms in total. The molecule has 648 valence electrons. The number of aliphatic hydroxyl groups excluding tert-OH is 1. The molecule has 0 saturated heterocycles. The smallest absolute Gasteiger partial charge is 0.462 e. The van der Waals surface area contributed by atoms with Crippen LogP contribution in [-0.4, -0.2) is 96.7 Å². The molecule has 19 heteroatoms. The van der Waals surface area contributed by atoms with Gasteiger partial charge >= 0.3 is 39.5 Å². The SMILES string of the molecule is CCCCCCCCCCCCCCCCCCCCCCCCC(=O)O[C@H](COC(=O)CCCCCCCCCCCCCCCCC(C)CC)COP(=O)(O)OC[C@@H](O)COP(=O)(O)OC[C@@H](COC(=O)CCCCCCCCCCCCC)OC(=O)CCCCCCCCCCCCCCCCCCCC. The first-order valence-electron chi connectivity index (χ1n) is 46.7. The third-order valence-corrected chi connectivity index (χ3v) is 23.5. The number of aliphatic hydroxyl groups is 1. The number of carbonyl (C=O) groups is 4. The van der Waals surface area contributed by atoms with Crippen molar-refractivity contribution in [2.24, 2.45) is 5.92 Å². The van der Waals surface area contributed by atoms with E-state index in [4.69, 9.17) is 37.0 Å². The van der Waals surface area contributed by atoms with Gasteiger partial charge < -0.3 is 33.8 Å². The zero-order chi connectivity index (χ0) is 79.7. The molecule has 0 rings (SSSR count). The fourth-order valence-corrected chi connectivity index (χ4v) is 15.7. The maximum atomic E-state index is 13.2. The lowest BCUT2D eigenvalue weighted by atomic mass is 9.99. The lowest BCUT2D eigenvalue weighted by molar-refractivity contribution is -0.161. The highest BCUT2D eigenvalue weighted by Crippen LogP contribution is 2.45. The summed E-state index contributed by atoms with van der Waals surface area (Å²) in [7, 11) is -9.93. The predicted octanol–water partition coefficient (Wildman–Crippen LogP) is 27.9. The van der Waals surface area contributed by atoms with Crippen LogP contribution < -0.4 is 0 Å². The topological polar surface area (TPSA) is 237 Å². The van der Waals surface area contributed by atoms with Gasteiger partial charge in [-0.2, -0.15) is 0 Å². The fourth-order valence-electron chi connectivity index (χ4n) is 14.1. The van der Waals surface area contributed by atoms with Crippen LogP contribution in [-0.2, 0) is 65.4 Å². The Labute approximate surface area is 670 Å². The van der Waals surface area contributed by atoms with E-state index in [9.17, 15) is 43.2 Å². The minimum atomic E-state index is -4.97. The van der Waals surface area contributed by atoms with Gasteiger partial charge in [-0.25, -0.2) is 9.13 Å². The Kier molecular flexibility index (Phi) is 81.1. The molecule has 0 aromatic rings. The molecule has 109 heavy (non-hydrogen) atoms. The minimum Gasteiger partial charge on any atom is -0.462 e. The van der Waals surface area contributed by atoms with Gasteiger partial charge in [-0.1, -0.05) is 439 Å². The summed E-state index contributed by atoms with van der Waals surface area (Å²) in [5, 5.41) is 10.7. The van der Waals surface area contributed by atoms with Crippen LogP contribution in [0, 0.1) is 5.92 Å². The number of hydrogen-bond acceptors (Lipinski definition) is 15. The second-order valence-electron chi connectivity index (χ2n) is 32.6. The molecule has 0 amide bonds. The minimum absolute atomic E-state index is 0.109. The monoisotopic (exact) mass is 1590 g/mol. The van der Waals surface area contributed by atoms with Crippen molar-refractivity contribution in [3.63, 3.8) is 0 Å². The third-order valence-electron chi connectivity index (χ3n) is 21.6. The van der Waals surface area contributed by atoms with E-state index in [2.05, 4.69) is 34.6 Å². The Bertz CT molecular complexity index is 2070. The number of phosphoric ester groups is 2. The molecular weight excluding hydrogens is 1410 g/mol. The first kappa shape index (κ1) is 107. The molecule has 0 aliphatic heterocycles. The van der Waals surface area contributed by atoms with Crippen molar-refractivity contribution < 1.29 is 80.2 Å². The molecule has 6 atom stereocenters. The second-order valence-corrected chi connectivity index (χ2v) is 35.5. The molecule has 0 spiro atoms. The number of unbranched alkanes of at least 4 members (excludes halogenated alkanes) is 61. The van der Waals surface area contributed by atoms with E-state index in [-0.39, 0.29) is 25.7 Å². The van der Waals surface area contributed by atoms with Crippen molar-refractivity contribution in [2.75, 3.05) is 39.6 Å². The Morgan fingerprint density at radius 1 is 0.257 bits per heavy atom. The van der Waals surface area contributed by atoms with Crippen LogP contribution in [0.25, 0.3) is 0 Å². The molecule has 0 radical (unpaired) electrons. The largest absolute Gasteiger partial charge is 0.472 e. The molecule has 0 aromatic carbocycles. The molecule has 0 bridgehead atoms. The molecule has 0 fully saturated rings. The van der Waals surface area contributed by atoms with Gasteiger partial charge in [0.2, 0.25) is 0 Å². The summed E-state index contributed by atoms with van der Waals surface area (Å²) in [6.45, 7) is 7.44. The summed E-state index contributed by atoms with van der Waals surface area (Å²) in [5.41, 5.74) is 0. The Hall–Kier alpha value is -1.94. The first-order chi connectivity index (χ1) is 53.1. The van der Waals surface area contributed by atoms with E-state index in [1.807, 2.05) is 0 Å². The van der Waals surface area contributed by atoms with Crippen LogP contribution in [0.15, 0.2) is 0 Å². The van der Waals surface area contributed by atoms with E-state index in [0.717, 1.165) is 95.8 Å². The predicted molar refractivity (Wildman–Crippen MR) is 451 cm³/mol. The van der Waals surface area contributed by atoms with E-state index in [1.54, 1.807) is 0 Å². The lowest BCUT2D eigenvalue weighted by Crippen LogP contribution is -2.30. The third kappa shape index (κ3) is 82.4. The molecule has 3 N–H and O–H groups in total. The average Bonchev–Trinajstić information content (AvgIpc) is 0.905. The highest BCUT2D eigenvalue weighted by molar-refractivity contribution is 7.47. The Balaban J connectivity index is 5.23. The van der Waals surface area contributed by atoms with Gasteiger partial charge in [-0.05, 0) is 31.6 Å². The van der Waals surface area contributed by atoms with E-state index in [0.29, 0.717) is 25.7 Å². The van der Waals surface area contributed by atoms with Crippen LogP contribution in [0.1, 0.15) is 490 Å². The van der Waals surface area contributed by atoms with Gasteiger partial charge in [0.25, 0.3) is 0 Å². The quantitative estimate of drug-likeness (QED) is 0.0222. The number of rotatable bonds is 90. The fraction of sp³-hybridized carbons (Fsp3) is 0.956. The Morgan fingerprint density at radius 3 is 0.651 bits per heavy atom. The average molecular weight is 1590 g/mol. The molecule has 0 heterocycles. The molecule has 0 aliphatic rings. The molecule has 3 unspecified atom stereocenters. The van der Waals surface area contributed by atoms with Crippen molar-refractivity contribution in [1.82, 2.24) is 0 Å². The first-order valence-corrected chi connectivity index (χ1v) is 49.7. The van der Waals surface area contributed by atoms with E-state index >= 15 is 0 Å². The summed E-state index contributed by atoms with van der Waals surface area (Å²) in [4.78, 5) is 73.4. The van der Waals surface area contributed by atoms with Crippen molar-refractivity contribution in [3.05, 3.63) is 0 Å². The normalized spacial score (nSPS) is 13.9. The van der Waals surface area contributed by atoms with Crippen LogP contribution in [0.2, 0.25) is 0 Å². The summed E-state index contributed by atoms with van der Waals surface area (Å²) in [6.07, 6.45) is 77.7. The maximum Gasteiger partial charge on any atom is 0.472 e. The summed E-state index contributed by atoms with van der Waals surface area (Å²) in [6, 6.07) is 0. The van der Waals surface area contributed by atoms with Gasteiger partial charge in [0.1, 0.15) is 19.3 Å². The lowest BCUT2D eigenvalue weighted by Gasteiger charge is -2.21. The summed E-state index contributed by atoms with van der Waals surface area (Å²) < 4.78 is 69.0. The summed E-state index contributed by atoms with van der Waals surface area (Å²) >= 11 is 0. The van der Waals surface area contributed by atoms with Crippen molar-refractivity contribution >= 4 is 39.5 Å². The van der Waals surface area contributed by atoms with Crippen molar-refractivity contribution in [2.45, 2.75) is 509 Å². The number of carbonyl (C=O) groups excluding carboxylic acids is 4. The van der Waals surface area contributed by atoms with E-state index < -0.39 is 97.5 Å². The van der Waals surface area contributed by atoms with Gasteiger partial charge in [-0.15, -0.1) is 0 Å². The number of hydrogen-bond donors (Lipinski definition) is 3. The van der Waals surface area contributed by atoms with Crippen molar-refractivity contribution in [3.8, 4) is 0 Å². The van der Waals surface area contributed by atoms with Gasteiger partial charge in [-0.3, -0.25) is 37.3 Å². The van der Waals surface area contributed by atoms with Crippen LogP contribution >= 0.6 is 15.6 Å². The summed E-state index contributed by atoms with van der Waals surface area (Å²) in [5.74, 6) is -1.24. The number of phosphoric acid groups is 2. The number of ether oxygens (including phenoxy) is 4. The highest BCUT2D eigenvalue weighted by Gasteiger charge is 2.31.